The van der Waals surface area contributed by atoms with Crippen LogP contribution < -0.4 is 15.0 Å². The number of benzene rings is 3. The highest BCUT2D eigenvalue weighted by Crippen LogP contribution is 2.59. The first-order valence-electron chi connectivity index (χ1n) is 20.9. The molecule has 3 saturated heterocycles. The zero-order chi connectivity index (χ0) is 44.0. The Hall–Kier alpha value is -6.19. The zero-order valence-corrected chi connectivity index (χ0v) is 34.8. The van der Waals surface area contributed by atoms with Crippen LogP contribution in [0.25, 0.3) is 4.85 Å². The van der Waals surface area contributed by atoms with Gasteiger partial charge in [0.15, 0.2) is 5.69 Å². The van der Waals surface area contributed by atoms with Gasteiger partial charge in [0.25, 0.3) is 17.7 Å². The van der Waals surface area contributed by atoms with E-state index in [0.717, 1.165) is 72.9 Å². The molecule has 0 spiro atoms. The molecular formula is C47H45F3N6O6. The molecule has 1 unspecified atom stereocenters. The van der Waals surface area contributed by atoms with Gasteiger partial charge in [0.2, 0.25) is 11.8 Å². The van der Waals surface area contributed by atoms with E-state index in [1.807, 2.05) is 56.9 Å². The number of piperidine rings is 2. The average molecular weight is 847 g/mol. The largest absolute Gasteiger partial charge is 0.489 e. The van der Waals surface area contributed by atoms with E-state index in [0.29, 0.717) is 18.2 Å². The predicted octanol–water partition coefficient (Wildman–Crippen LogP) is 6.45. The standard InChI is InChI=1S/C47H45F3N6O6/c1-45(2)43(46(3,4)44(45)62-31-10-13-36(51-5)35(22-31)47(48,49)50)55-23-28-20-27(8-11-32(28)40(55)59)7-6-26-16-18-53(19-17-26)30-24-54(25-30)29-9-12-33-34(21-29)42(61)56(41(33)60)37-14-15-38(57)52-39(37)58/h8-13,20-22,26,30,37,43-44H,14-19,23-25H2,1-4H3,(H,52,57,58). The highest BCUT2D eigenvalue weighted by molar-refractivity contribution is 6.23. The number of hydrogen-bond donors (Lipinski definition) is 1. The van der Waals surface area contributed by atoms with Crippen molar-refractivity contribution < 1.29 is 41.9 Å². The van der Waals surface area contributed by atoms with Crippen LogP contribution in [0.1, 0.15) is 101 Å². The monoisotopic (exact) mass is 846 g/mol. The molecule has 5 aliphatic heterocycles. The molecule has 0 radical (unpaired) electrons. The van der Waals surface area contributed by atoms with Gasteiger partial charge in [0.1, 0.15) is 17.9 Å². The summed E-state index contributed by atoms with van der Waals surface area (Å²) in [5.41, 5.74) is 1.01. The Morgan fingerprint density at radius 2 is 1.53 bits per heavy atom. The summed E-state index contributed by atoms with van der Waals surface area (Å²) >= 11 is 0. The Kier molecular flexibility index (Phi) is 9.78. The summed E-state index contributed by atoms with van der Waals surface area (Å²) in [7, 11) is 0. The third kappa shape index (κ3) is 6.78. The molecule has 320 valence electrons. The van der Waals surface area contributed by atoms with Gasteiger partial charge in [-0.15, -0.1) is 0 Å². The Balaban J connectivity index is 0.781. The normalized spacial score (nSPS) is 24.7. The van der Waals surface area contributed by atoms with Crippen LogP contribution in [0.4, 0.5) is 24.5 Å². The smallest absolute Gasteiger partial charge is 0.407 e. The van der Waals surface area contributed by atoms with Crippen molar-refractivity contribution in [1.29, 1.82) is 0 Å². The Morgan fingerprint density at radius 3 is 2.21 bits per heavy atom. The minimum absolute atomic E-state index is 0.0312. The number of hydrogen-bond acceptors (Lipinski definition) is 8. The number of amides is 5. The first-order valence-corrected chi connectivity index (χ1v) is 20.9. The van der Waals surface area contributed by atoms with Crippen LogP contribution in [-0.2, 0) is 22.3 Å². The van der Waals surface area contributed by atoms with Gasteiger partial charge in [-0.2, -0.15) is 13.2 Å². The minimum atomic E-state index is -4.70. The van der Waals surface area contributed by atoms with Crippen LogP contribution in [0.2, 0.25) is 0 Å². The summed E-state index contributed by atoms with van der Waals surface area (Å²) in [5, 5.41) is 2.23. The van der Waals surface area contributed by atoms with Gasteiger partial charge in [-0.3, -0.25) is 39.1 Å². The van der Waals surface area contributed by atoms with Crippen molar-refractivity contribution in [3.8, 4) is 17.6 Å². The Morgan fingerprint density at radius 1 is 0.839 bits per heavy atom. The fourth-order valence-electron chi connectivity index (χ4n) is 11.0. The molecule has 4 fully saturated rings. The van der Waals surface area contributed by atoms with E-state index >= 15 is 0 Å². The lowest BCUT2D eigenvalue weighted by Crippen LogP contribution is -2.74. The van der Waals surface area contributed by atoms with Crippen molar-refractivity contribution in [2.45, 2.75) is 90.3 Å². The van der Waals surface area contributed by atoms with Crippen molar-refractivity contribution in [3.05, 3.63) is 99.4 Å². The number of fused-ring (bicyclic) bond motifs is 2. The van der Waals surface area contributed by atoms with Gasteiger partial charge in [-0.1, -0.05) is 45.6 Å². The molecule has 3 aromatic carbocycles. The number of nitrogens with zero attached hydrogens (tertiary/aromatic N) is 5. The van der Waals surface area contributed by atoms with Crippen molar-refractivity contribution >= 4 is 40.9 Å². The molecule has 1 atom stereocenters. The molecule has 3 aromatic rings. The summed E-state index contributed by atoms with van der Waals surface area (Å²) in [6.45, 7) is 18.8. The topological polar surface area (TPSA) is 124 Å². The van der Waals surface area contributed by atoms with Gasteiger partial charge >= 0.3 is 6.18 Å². The van der Waals surface area contributed by atoms with E-state index in [9.17, 15) is 37.1 Å². The Bertz CT molecular complexity index is 2540. The fraction of sp³-hybridized carbons (Fsp3) is 0.447. The van der Waals surface area contributed by atoms with Crippen LogP contribution >= 0.6 is 0 Å². The second-order valence-electron chi connectivity index (χ2n) is 18.5. The summed E-state index contributed by atoms with van der Waals surface area (Å²) in [5.74, 6) is 4.92. The maximum Gasteiger partial charge on any atom is 0.407 e. The zero-order valence-electron chi connectivity index (χ0n) is 34.8. The molecule has 12 nitrogen and oxygen atoms in total. The van der Waals surface area contributed by atoms with Gasteiger partial charge in [-0.25, -0.2) is 4.85 Å². The van der Waals surface area contributed by atoms with E-state index in [4.69, 9.17) is 11.3 Å². The van der Waals surface area contributed by atoms with E-state index in [-0.39, 0.29) is 47.6 Å². The highest BCUT2D eigenvalue weighted by atomic mass is 19.4. The average Bonchev–Trinajstić information content (AvgIpc) is 3.65. The summed E-state index contributed by atoms with van der Waals surface area (Å²) in [6.07, 6.45) is -3.18. The number of halogens is 3. The molecule has 6 aliphatic rings. The van der Waals surface area contributed by atoms with Gasteiger partial charge in [-0.05, 0) is 86.4 Å². The lowest BCUT2D eigenvalue weighted by Gasteiger charge is -2.65. The first kappa shape index (κ1) is 41.2. The second kappa shape index (κ2) is 14.7. The SMILES string of the molecule is [C-]#[N+]c1ccc(OC2C(C)(C)C(N3Cc4cc(C#CC5CCN(C6CN(c7ccc8c(c7)C(=O)N(C7CCC(=O)NC7=O)C8=O)C6)CC5)ccc4C3=O)C2(C)C)cc1C(F)(F)F. The van der Waals surface area contributed by atoms with Crippen LogP contribution in [0, 0.1) is 35.2 Å². The fourth-order valence-corrected chi connectivity index (χ4v) is 11.0. The molecule has 62 heavy (non-hydrogen) atoms. The third-order valence-electron chi connectivity index (χ3n) is 13.8. The molecule has 1 saturated carbocycles. The number of nitrogens with one attached hydrogen (secondary N) is 1. The summed E-state index contributed by atoms with van der Waals surface area (Å²) in [6, 6.07) is 13.4. The maximum absolute atomic E-state index is 13.8. The molecule has 0 aromatic heterocycles. The predicted molar refractivity (Wildman–Crippen MR) is 220 cm³/mol. The number of carbonyl (C=O) groups excluding carboxylic acids is 5. The number of alkyl halides is 3. The summed E-state index contributed by atoms with van der Waals surface area (Å²) in [4.78, 5) is 74.8. The van der Waals surface area contributed by atoms with Crippen molar-refractivity contribution in [3.63, 3.8) is 0 Å². The van der Waals surface area contributed by atoms with E-state index in [1.165, 1.54) is 6.07 Å². The van der Waals surface area contributed by atoms with Crippen molar-refractivity contribution in [1.82, 2.24) is 20.0 Å². The molecule has 0 bridgehead atoms. The van der Waals surface area contributed by atoms with Crippen LogP contribution in [-0.4, -0.2) is 94.6 Å². The van der Waals surface area contributed by atoms with Crippen LogP contribution in [0.15, 0.2) is 54.6 Å². The molecule has 1 N–H and O–H groups in total. The van der Waals surface area contributed by atoms with Crippen LogP contribution in [0.3, 0.4) is 0 Å². The quantitative estimate of drug-likeness (QED) is 0.171. The third-order valence-corrected chi connectivity index (χ3v) is 13.8. The Labute approximate surface area is 357 Å². The van der Waals surface area contributed by atoms with Gasteiger partial charge < -0.3 is 14.5 Å². The molecule has 9 rings (SSSR count). The van der Waals surface area contributed by atoms with E-state index in [1.54, 1.807) is 12.1 Å². The first-order chi connectivity index (χ1) is 29.4. The molecule has 5 amide bonds. The summed E-state index contributed by atoms with van der Waals surface area (Å²) < 4.78 is 47.3. The van der Waals surface area contributed by atoms with Crippen LogP contribution in [0.5, 0.6) is 5.75 Å². The van der Waals surface area contributed by atoms with Gasteiger partial charge in [0.05, 0.1) is 23.3 Å². The number of anilines is 1. The highest BCUT2D eigenvalue weighted by Gasteiger charge is 2.67. The van der Waals surface area contributed by atoms with Crippen molar-refractivity contribution in [2.24, 2.45) is 16.7 Å². The molecule has 5 heterocycles. The minimum Gasteiger partial charge on any atom is -0.489 e. The lowest BCUT2D eigenvalue weighted by atomic mass is 9.49. The number of imide groups is 2. The number of carbonyl (C=O) groups is 5. The van der Waals surface area contributed by atoms with E-state index < -0.39 is 64.0 Å². The number of ether oxygens (including phenoxy) is 1. The molecule has 1 aliphatic carbocycles. The molecule has 15 heteroatoms. The van der Waals surface area contributed by atoms with Crippen molar-refractivity contribution in [2.75, 3.05) is 31.1 Å². The molecular weight excluding hydrogens is 802 g/mol. The number of rotatable bonds is 6. The second-order valence-corrected chi connectivity index (χ2v) is 18.5. The lowest BCUT2D eigenvalue weighted by molar-refractivity contribution is -0.199. The van der Waals surface area contributed by atoms with E-state index in [2.05, 4.69) is 31.8 Å². The maximum atomic E-state index is 13.8. The number of likely N-dealkylation sites (tertiary alicyclic amines) is 1. The van der Waals surface area contributed by atoms with Gasteiger partial charge in [0, 0.05) is 71.7 Å².